The van der Waals surface area contributed by atoms with Gasteiger partial charge in [-0.15, -0.1) is 10.2 Å². The zero-order valence-electron chi connectivity index (χ0n) is 13.9. The lowest BCUT2D eigenvalue weighted by Gasteiger charge is -2.06. The molecule has 0 radical (unpaired) electrons. The van der Waals surface area contributed by atoms with Gasteiger partial charge in [-0.05, 0) is 41.5 Å². The maximum Gasteiger partial charge on any atom is 0.113 e. The van der Waals surface area contributed by atoms with Gasteiger partial charge >= 0.3 is 0 Å². The molecule has 7 heteroatoms. The number of pyridine rings is 1. The lowest BCUT2D eigenvalue weighted by atomic mass is 10.2. The maximum absolute atomic E-state index is 4.38. The molecule has 5 aromatic rings. The van der Waals surface area contributed by atoms with Crippen molar-refractivity contribution >= 4 is 22.1 Å². The number of hydrogen-bond acceptors (Lipinski definition) is 5. The smallest absolute Gasteiger partial charge is 0.113 e. The average Bonchev–Trinajstić information content (AvgIpc) is 3.27. The van der Waals surface area contributed by atoms with Gasteiger partial charge in [0.15, 0.2) is 0 Å². The fourth-order valence-electron chi connectivity index (χ4n) is 3.13. The average molecular weight is 341 g/mol. The zero-order chi connectivity index (χ0) is 17.3. The van der Waals surface area contributed by atoms with Crippen LogP contribution in [0.15, 0.2) is 67.0 Å². The van der Waals surface area contributed by atoms with Crippen LogP contribution in [-0.2, 0) is 13.1 Å². The Labute approximate surface area is 148 Å². The Morgan fingerprint density at radius 1 is 0.654 bits per heavy atom. The molecule has 0 spiro atoms. The lowest BCUT2D eigenvalue weighted by Crippen LogP contribution is -2.06. The molecule has 2 aromatic carbocycles. The summed E-state index contributed by atoms with van der Waals surface area (Å²) in [5, 5.41) is 16.9. The van der Waals surface area contributed by atoms with Crippen LogP contribution in [0, 0.1) is 0 Å². The second-order valence-corrected chi connectivity index (χ2v) is 6.17. The van der Waals surface area contributed by atoms with E-state index in [0.29, 0.717) is 13.1 Å². The monoisotopic (exact) mass is 341 g/mol. The van der Waals surface area contributed by atoms with Crippen molar-refractivity contribution in [3.8, 4) is 0 Å². The number of nitrogens with zero attached hydrogens (tertiary/aromatic N) is 7. The summed E-state index contributed by atoms with van der Waals surface area (Å²) in [5.41, 5.74) is 5.96. The van der Waals surface area contributed by atoms with Crippen molar-refractivity contribution < 1.29 is 0 Å². The number of hydrogen-bond donors (Lipinski definition) is 0. The van der Waals surface area contributed by atoms with Gasteiger partial charge in [0.1, 0.15) is 11.0 Å². The fraction of sp³-hybridized carbons (Fsp3) is 0.105. The normalized spacial score (nSPS) is 11.4. The van der Waals surface area contributed by atoms with Crippen LogP contribution in [0.2, 0.25) is 0 Å². The van der Waals surface area contributed by atoms with E-state index >= 15 is 0 Å². The van der Waals surface area contributed by atoms with Crippen LogP contribution in [-0.4, -0.2) is 35.0 Å². The molecule has 0 aliphatic carbocycles. The molecule has 126 valence electrons. The highest BCUT2D eigenvalue weighted by Crippen LogP contribution is 2.15. The number of para-hydroxylation sites is 2. The molecule has 5 rings (SSSR count). The highest BCUT2D eigenvalue weighted by molar-refractivity contribution is 5.74. The SMILES string of the molecule is c1ccc2c(c1)nnn2Cc1cncc(Cn2nnc3ccccc32)c1. The minimum absolute atomic E-state index is 0.624. The van der Waals surface area contributed by atoms with E-state index in [-0.39, 0.29) is 0 Å². The third kappa shape index (κ3) is 2.59. The van der Waals surface area contributed by atoms with E-state index in [9.17, 15) is 0 Å². The van der Waals surface area contributed by atoms with E-state index in [1.165, 1.54) is 0 Å². The third-order valence-corrected chi connectivity index (χ3v) is 4.36. The van der Waals surface area contributed by atoms with Crippen LogP contribution < -0.4 is 0 Å². The molecule has 26 heavy (non-hydrogen) atoms. The first-order valence-electron chi connectivity index (χ1n) is 8.36. The van der Waals surface area contributed by atoms with Gasteiger partial charge in [-0.1, -0.05) is 34.7 Å². The molecule has 0 saturated carbocycles. The predicted octanol–water partition coefficient (Wildman–Crippen LogP) is 2.67. The van der Waals surface area contributed by atoms with E-state index in [0.717, 1.165) is 33.2 Å². The highest BCUT2D eigenvalue weighted by Gasteiger charge is 2.07. The summed E-state index contributed by atoms with van der Waals surface area (Å²) in [5.74, 6) is 0. The van der Waals surface area contributed by atoms with Crippen LogP contribution in [0.25, 0.3) is 22.1 Å². The van der Waals surface area contributed by atoms with Crippen LogP contribution in [0.4, 0.5) is 0 Å². The Balaban J connectivity index is 1.44. The summed E-state index contributed by atoms with van der Waals surface area (Å²) in [6.07, 6.45) is 3.72. The molecule has 0 aliphatic rings. The van der Waals surface area contributed by atoms with Crippen molar-refractivity contribution in [1.29, 1.82) is 0 Å². The summed E-state index contributed by atoms with van der Waals surface area (Å²) in [4.78, 5) is 4.38. The van der Waals surface area contributed by atoms with E-state index in [2.05, 4.69) is 31.7 Å². The molecule has 0 unspecified atom stereocenters. The Hall–Kier alpha value is -3.61. The third-order valence-electron chi connectivity index (χ3n) is 4.36. The molecular weight excluding hydrogens is 326 g/mol. The van der Waals surface area contributed by atoms with Gasteiger partial charge in [-0.3, -0.25) is 4.98 Å². The number of aromatic nitrogens is 7. The van der Waals surface area contributed by atoms with Gasteiger partial charge in [-0.2, -0.15) is 0 Å². The molecule has 7 nitrogen and oxygen atoms in total. The molecule has 0 fully saturated rings. The predicted molar refractivity (Wildman–Crippen MR) is 97.5 cm³/mol. The minimum Gasteiger partial charge on any atom is -0.264 e. The number of rotatable bonds is 4. The zero-order valence-corrected chi connectivity index (χ0v) is 13.9. The quantitative estimate of drug-likeness (QED) is 0.502. The van der Waals surface area contributed by atoms with Crippen molar-refractivity contribution in [2.45, 2.75) is 13.1 Å². The van der Waals surface area contributed by atoms with Crippen molar-refractivity contribution in [3.63, 3.8) is 0 Å². The van der Waals surface area contributed by atoms with Crippen molar-refractivity contribution in [2.24, 2.45) is 0 Å². The van der Waals surface area contributed by atoms with E-state index in [1.807, 2.05) is 70.3 Å². The first kappa shape index (κ1) is 14.7. The van der Waals surface area contributed by atoms with Gasteiger partial charge in [-0.25, -0.2) is 9.36 Å². The topological polar surface area (TPSA) is 74.3 Å². The molecule has 0 amide bonds. The highest BCUT2D eigenvalue weighted by atomic mass is 15.4. The lowest BCUT2D eigenvalue weighted by molar-refractivity contribution is 0.655. The summed E-state index contributed by atoms with van der Waals surface area (Å²) in [6, 6.07) is 18.0. The fourth-order valence-corrected chi connectivity index (χ4v) is 3.13. The molecule has 3 aromatic heterocycles. The first-order valence-corrected chi connectivity index (χ1v) is 8.36. The second-order valence-electron chi connectivity index (χ2n) is 6.17. The number of fused-ring (bicyclic) bond motifs is 2. The van der Waals surface area contributed by atoms with Crippen LogP contribution in [0.5, 0.6) is 0 Å². The number of benzene rings is 2. The standard InChI is InChI=1S/C19H15N7/c1-3-7-18-16(5-1)21-23-25(18)12-14-9-15(11-20-10-14)13-26-19-8-4-2-6-17(19)22-24-26/h1-11H,12-13H2. The van der Waals surface area contributed by atoms with E-state index in [4.69, 9.17) is 0 Å². The maximum atomic E-state index is 4.38. The molecular formula is C19H15N7. The first-order chi connectivity index (χ1) is 12.9. The summed E-state index contributed by atoms with van der Waals surface area (Å²) < 4.78 is 3.78. The van der Waals surface area contributed by atoms with Crippen molar-refractivity contribution in [2.75, 3.05) is 0 Å². The molecule has 0 N–H and O–H groups in total. The van der Waals surface area contributed by atoms with Crippen LogP contribution in [0.1, 0.15) is 11.1 Å². The van der Waals surface area contributed by atoms with Crippen LogP contribution in [0.3, 0.4) is 0 Å². The molecule has 0 aliphatic heterocycles. The largest absolute Gasteiger partial charge is 0.264 e. The van der Waals surface area contributed by atoms with Crippen LogP contribution >= 0.6 is 0 Å². The van der Waals surface area contributed by atoms with Gasteiger partial charge in [0.2, 0.25) is 0 Å². The van der Waals surface area contributed by atoms with Gasteiger partial charge in [0.25, 0.3) is 0 Å². The van der Waals surface area contributed by atoms with E-state index in [1.54, 1.807) is 0 Å². The summed E-state index contributed by atoms with van der Waals surface area (Å²) in [7, 11) is 0. The van der Waals surface area contributed by atoms with Gasteiger partial charge < -0.3 is 0 Å². The summed E-state index contributed by atoms with van der Waals surface area (Å²) in [6.45, 7) is 1.25. The second kappa shape index (κ2) is 6.03. The Kier molecular flexibility index (Phi) is 3.41. The molecule has 3 heterocycles. The summed E-state index contributed by atoms with van der Waals surface area (Å²) >= 11 is 0. The molecule has 0 saturated heterocycles. The molecule has 0 bridgehead atoms. The van der Waals surface area contributed by atoms with Gasteiger partial charge in [0.05, 0.1) is 24.1 Å². The Morgan fingerprint density at radius 3 is 1.69 bits per heavy atom. The molecule has 0 atom stereocenters. The Morgan fingerprint density at radius 2 is 1.15 bits per heavy atom. The van der Waals surface area contributed by atoms with Gasteiger partial charge in [0, 0.05) is 12.4 Å². The minimum atomic E-state index is 0.624. The Bertz CT molecular complexity index is 1110. The van der Waals surface area contributed by atoms with Crippen molar-refractivity contribution in [1.82, 2.24) is 35.0 Å². The van der Waals surface area contributed by atoms with E-state index < -0.39 is 0 Å². The van der Waals surface area contributed by atoms with Crippen molar-refractivity contribution in [3.05, 3.63) is 78.1 Å².